The number of hydrogen-bond acceptors (Lipinski definition) is 2. The molecule has 6 heteroatoms. The summed E-state index contributed by atoms with van der Waals surface area (Å²) < 4.78 is 0.956. The van der Waals surface area contributed by atoms with Gasteiger partial charge >= 0.3 is 6.03 Å². The molecule has 1 aliphatic rings. The number of amides is 3. The molecule has 3 amide bonds. The Morgan fingerprint density at radius 3 is 2.54 bits per heavy atom. The van der Waals surface area contributed by atoms with E-state index in [4.69, 9.17) is 0 Å². The Kier molecular flexibility index (Phi) is 5.93. The summed E-state index contributed by atoms with van der Waals surface area (Å²) in [5, 5.41) is 8.45. The van der Waals surface area contributed by atoms with Gasteiger partial charge in [0.2, 0.25) is 5.91 Å². The lowest BCUT2D eigenvalue weighted by Crippen LogP contribution is -2.42. The van der Waals surface area contributed by atoms with Gasteiger partial charge in [0, 0.05) is 10.2 Å². The molecule has 1 saturated carbocycles. The normalized spacial score (nSPS) is 14.4. The van der Waals surface area contributed by atoms with Crippen molar-refractivity contribution in [2.75, 3.05) is 11.9 Å². The van der Waals surface area contributed by atoms with Gasteiger partial charge in [-0.2, -0.15) is 0 Å². The zero-order valence-electron chi connectivity index (χ0n) is 14.6. The lowest BCUT2D eigenvalue weighted by Gasteiger charge is -2.19. The van der Waals surface area contributed by atoms with E-state index in [1.165, 1.54) is 0 Å². The van der Waals surface area contributed by atoms with Crippen LogP contribution in [0.3, 0.4) is 0 Å². The molecule has 3 rings (SSSR count). The van der Waals surface area contributed by atoms with E-state index in [9.17, 15) is 9.59 Å². The molecule has 3 N–H and O–H groups in total. The van der Waals surface area contributed by atoms with Crippen molar-refractivity contribution in [3.8, 4) is 0 Å². The molecule has 0 saturated heterocycles. The second kappa shape index (κ2) is 8.36. The molecule has 0 radical (unpaired) electrons. The predicted octanol–water partition coefficient (Wildman–Crippen LogP) is 4.15. The van der Waals surface area contributed by atoms with Gasteiger partial charge in [0.1, 0.15) is 0 Å². The summed E-state index contributed by atoms with van der Waals surface area (Å²) in [5.41, 5.74) is 2.79. The SMILES string of the molecule is Cc1cc(Br)ccc1NC(=O)CNC(=O)N[C@@H](c1ccccc1)C1CC1. The number of aryl methyl sites for hydroxylation is 1. The Morgan fingerprint density at radius 1 is 1.15 bits per heavy atom. The number of carbonyl (C=O) groups excluding carboxylic acids is 2. The summed E-state index contributed by atoms with van der Waals surface area (Å²) >= 11 is 3.39. The highest BCUT2D eigenvalue weighted by Crippen LogP contribution is 2.40. The van der Waals surface area contributed by atoms with E-state index >= 15 is 0 Å². The largest absolute Gasteiger partial charge is 0.331 e. The summed E-state index contributed by atoms with van der Waals surface area (Å²) in [4.78, 5) is 24.3. The van der Waals surface area contributed by atoms with Gasteiger partial charge in [-0.05, 0) is 55.0 Å². The molecule has 5 nitrogen and oxygen atoms in total. The molecule has 0 unspecified atom stereocenters. The number of rotatable bonds is 6. The predicted molar refractivity (Wildman–Crippen MR) is 106 cm³/mol. The first-order valence-corrected chi connectivity index (χ1v) is 9.47. The Labute approximate surface area is 161 Å². The fourth-order valence-electron chi connectivity index (χ4n) is 2.88. The van der Waals surface area contributed by atoms with Crippen LogP contribution in [-0.4, -0.2) is 18.5 Å². The van der Waals surface area contributed by atoms with Gasteiger partial charge in [-0.25, -0.2) is 4.79 Å². The Morgan fingerprint density at radius 2 is 1.88 bits per heavy atom. The zero-order chi connectivity index (χ0) is 18.5. The van der Waals surface area contributed by atoms with Gasteiger partial charge in [0.25, 0.3) is 0 Å². The Hall–Kier alpha value is -2.34. The lowest BCUT2D eigenvalue weighted by atomic mass is 10.0. The zero-order valence-corrected chi connectivity index (χ0v) is 16.2. The van der Waals surface area contributed by atoms with Crippen molar-refractivity contribution in [1.29, 1.82) is 0 Å². The van der Waals surface area contributed by atoms with E-state index < -0.39 is 0 Å². The van der Waals surface area contributed by atoms with Crippen LogP contribution in [0.15, 0.2) is 53.0 Å². The lowest BCUT2D eigenvalue weighted by molar-refractivity contribution is -0.115. The standard InChI is InChI=1S/C20H22BrN3O2/c1-13-11-16(21)9-10-17(13)23-18(25)12-22-20(26)24-19(15-7-8-15)14-5-3-2-4-6-14/h2-6,9-11,15,19H,7-8,12H2,1H3,(H,23,25)(H2,22,24,26)/t19-/m0/s1. The molecule has 1 atom stereocenters. The highest BCUT2D eigenvalue weighted by Gasteiger charge is 2.33. The summed E-state index contributed by atoms with van der Waals surface area (Å²) in [6, 6.07) is 15.2. The van der Waals surface area contributed by atoms with Crippen molar-refractivity contribution < 1.29 is 9.59 Å². The van der Waals surface area contributed by atoms with Crippen LogP contribution in [0.25, 0.3) is 0 Å². The maximum absolute atomic E-state index is 12.2. The van der Waals surface area contributed by atoms with E-state index in [-0.39, 0.29) is 24.5 Å². The average molecular weight is 416 g/mol. The molecule has 1 aliphatic carbocycles. The number of halogens is 1. The summed E-state index contributed by atoms with van der Waals surface area (Å²) in [5.74, 6) is 0.218. The van der Waals surface area contributed by atoms with Gasteiger partial charge in [-0.15, -0.1) is 0 Å². The third-order valence-electron chi connectivity index (χ3n) is 4.41. The third-order valence-corrected chi connectivity index (χ3v) is 4.90. The molecule has 136 valence electrons. The first-order chi connectivity index (χ1) is 12.5. The fraction of sp³-hybridized carbons (Fsp3) is 0.300. The van der Waals surface area contributed by atoms with Gasteiger partial charge in [-0.3, -0.25) is 4.79 Å². The summed E-state index contributed by atoms with van der Waals surface area (Å²) in [6.07, 6.45) is 2.23. The number of hydrogen-bond donors (Lipinski definition) is 3. The van der Waals surface area contributed by atoms with E-state index in [1.54, 1.807) is 0 Å². The third kappa shape index (κ3) is 5.08. The number of urea groups is 1. The molecule has 0 heterocycles. The van der Waals surface area contributed by atoms with Crippen molar-refractivity contribution >= 4 is 33.6 Å². The monoisotopic (exact) mass is 415 g/mol. The van der Waals surface area contributed by atoms with Gasteiger partial charge in [0.15, 0.2) is 0 Å². The first kappa shape index (κ1) is 18.5. The van der Waals surface area contributed by atoms with Crippen molar-refractivity contribution in [2.45, 2.75) is 25.8 Å². The minimum atomic E-state index is -0.326. The quantitative estimate of drug-likeness (QED) is 0.662. The maximum atomic E-state index is 12.2. The number of nitrogens with one attached hydrogen (secondary N) is 3. The van der Waals surface area contributed by atoms with Gasteiger partial charge < -0.3 is 16.0 Å². The Balaban J connectivity index is 1.50. The van der Waals surface area contributed by atoms with Crippen LogP contribution in [-0.2, 0) is 4.79 Å². The molecular weight excluding hydrogens is 394 g/mol. The minimum absolute atomic E-state index is 0.00650. The molecule has 2 aromatic carbocycles. The second-order valence-electron chi connectivity index (χ2n) is 6.56. The molecule has 0 aromatic heterocycles. The van der Waals surface area contributed by atoms with Crippen LogP contribution < -0.4 is 16.0 Å². The second-order valence-corrected chi connectivity index (χ2v) is 7.48. The van der Waals surface area contributed by atoms with Gasteiger partial charge in [-0.1, -0.05) is 46.3 Å². The number of anilines is 1. The number of carbonyl (C=O) groups is 2. The first-order valence-electron chi connectivity index (χ1n) is 8.68. The van der Waals surface area contributed by atoms with Crippen LogP contribution in [0.5, 0.6) is 0 Å². The molecular formula is C20H22BrN3O2. The van der Waals surface area contributed by atoms with E-state index in [1.807, 2.05) is 55.5 Å². The van der Waals surface area contributed by atoms with Crippen LogP contribution >= 0.6 is 15.9 Å². The highest BCUT2D eigenvalue weighted by atomic mass is 79.9. The van der Waals surface area contributed by atoms with E-state index in [0.717, 1.165) is 34.1 Å². The molecule has 0 aliphatic heterocycles. The van der Waals surface area contributed by atoms with Crippen LogP contribution in [0.2, 0.25) is 0 Å². The van der Waals surface area contributed by atoms with Crippen molar-refractivity contribution in [3.05, 3.63) is 64.1 Å². The van der Waals surface area contributed by atoms with Crippen LogP contribution in [0.4, 0.5) is 10.5 Å². The van der Waals surface area contributed by atoms with Crippen molar-refractivity contribution in [2.24, 2.45) is 5.92 Å². The summed E-state index contributed by atoms with van der Waals surface area (Å²) in [6.45, 7) is 1.84. The van der Waals surface area contributed by atoms with Gasteiger partial charge in [0.05, 0.1) is 12.6 Å². The fourth-order valence-corrected chi connectivity index (χ4v) is 3.35. The average Bonchev–Trinajstić information content (AvgIpc) is 3.46. The molecule has 0 bridgehead atoms. The Bertz CT molecular complexity index is 791. The minimum Gasteiger partial charge on any atom is -0.331 e. The van der Waals surface area contributed by atoms with E-state index in [2.05, 4.69) is 31.9 Å². The molecule has 2 aromatic rings. The molecule has 0 spiro atoms. The topological polar surface area (TPSA) is 70.2 Å². The van der Waals surface area contributed by atoms with Crippen molar-refractivity contribution in [3.63, 3.8) is 0 Å². The van der Waals surface area contributed by atoms with E-state index in [0.29, 0.717) is 5.92 Å². The van der Waals surface area contributed by atoms with Crippen LogP contribution in [0.1, 0.15) is 30.0 Å². The molecule has 26 heavy (non-hydrogen) atoms. The smallest absolute Gasteiger partial charge is 0.315 e. The van der Waals surface area contributed by atoms with Crippen LogP contribution in [0, 0.1) is 12.8 Å². The highest BCUT2D eigenvalue weighted by molar-refractivity contribution is 9.10. The maximum Gasteiger partial charge on any atom is 0.315 e. The summed E-state index contributed by atoms with van der Waals surface area (Å²) in [7, 11) is 0. The molecule has 1 fully saturated rings. The van der Waals surface area contributed by atoms with Crippen molar-refractivity contribution in [1.82, 2.24) is 10.6 Å². The number of benzene rings is 2.